The molecule has 1 aromatic carbocycles. The van der Waals surface area contributed by atoms with E-state index in [0.29, 0.717) is 11.3 Å². The molecule has 0 amide bonds. The Hall–Kier alpha value is -2.87. The fraction of sp³-hybridized carbons (Fsp3) is 0.267. The highest BCUT2D eigenvalue weighted by molar-refractivity contribution is 5.68. The van der Waals surface area contributed by atoms with Crippen LogP contribution >= 0.6 is 0 Å². The molecule has 0 unspecified atom stereocenters. The Morgan fingerprint density at radius 2 is 1.87 bits per heavy atom. The van der Waals surface area contributed by atoms with Crippen molar-refractivity contribution in [1.82, 2.24) is 4.98 Å². The molecule has 0 saturated heterocycles. The zero-order valence-corrected chi connectivity index (χ0v) is 12.7. The number of aliphatic hydroxyl groups is 1. The Kier molecular flexibility index (Phi) is 5.32. The maximum absolute atomic E-state index is 11.2. The van der Waals surface area contributed by atoms with Crippen LogP contribution in [0.3, 0.4) is 0 Å². The molecule has 1 heterocycles. The Morgan fingerprint density at radius 3 is 2.43 bits per heavy atom. The molecule has 1 aromatic heterocycles. The SMILES string of the molecule is COc1cc(NC[C@H](O)c2ccncc2)c([N+](=O)[O-])cc1OC. The summed E-state index contributed by atoms with van der Waals surface area (Å²) in [7, 11) is 2.85. The van der Waals surface area contributed by atoms with Crippen molar-refractivity contribution in [2.75, 3.05) is 26.1 Å². The van der Waals surface area contributed by atoms with E-state index in [1.54, 1.807) is 24.5 Å². The lowest BCUT2D eigenvalue weighted by Gasteiger charge is -2.15. The van der Waals surface area contributed by atoms with Crippen LogP contribution in [0.1, 0.15) is 11.7 Å². The molecule has 2 aromatic rings. The molecule has 1 atom stereocenters. The normalized spacial score (nSPS) is 11.6. The van der Waals surface area contributed by atoms with Gasteiger partial charge in [-0.25, -0.2) is 0 Å². The first-order valence-corrected chi connectivity index (χ1v) is 6.79. The van der Waals surface area contributed by atoms with Gasteiger partial charge in [0.25, 0.3) is 5.69 Å². The number of ether oxygens (including phenoxy) is 2. The van der Waals surface area contributed by atoms with E-state index in [0.717, 1.165) is 0 Å². The first kappa shape index (κ1) is 16.5. The molecule has 23 heavy (non-hydrogen) atoms. The van der Waals surface area contributed by atoms with Crippen molar-refractivity contribution in [1.29, 1.82) is 0 Å². The first-order valence-electron chi connectivity index (χ1n) is 6.79. The average Bonchev–Trinajstić information content (AvgIpc) is 2.59. The van der Waals surface area contributed by atoms with Crippen molar-refractivity contribution in [3.05, 3.63) is 52.3 Å². The molecule has 0 fully saturated rings. The van der Waals surface area contributed by atoms with Crippen LogP contribution in [0, 0.1) is 10.1 Å². The predicted molar refractivity (Wildman–Crippen MR) is 83.9 cm³/mol. The van der Waals surface area contributed by atoms with Crippen LogP contribution in [0.5, 0.6) is 11.5 Å². The number of rotatable bonds is 7. The molecule has 0 aliphatic heterocycles. The van der Waals surface area contributed by atoms with Crippen LogP contribution in [0.25, 0.3) is 0 Å². The van der Waals surface area contributed by atoms with E-state index in [-0.39, 0.29) is 23.7 Å². The molecular formula is C15H17N3O5. The highest BCUT2D eigenvalue weighted by Gasteiger charge is 2.20. The molecule has 8 nitrogen and oxygen atoms in total. The van der Waals surface area contributed by atoms with Crippen molar-refractivity contribution in [2.45, 2.75) is 6.10 Å². The van der Waals surface area contributed by atoms with Gasteiger partial charge in [-0.15, -0.1) is 0 Å². The minimum absolute atomic E-state index is 0.0976. The van der Waals surface area contributed by atoms with Gasteiger partial charge in [-0.2, -0.15) is 0 Å². The maximum Gasteiger partial charge on any atom is 0.296 e. The average molecular weight is 319 g/mol. The van der Waals surface area contributed by atoms with Crippen molar-refractivity contribution >= 4 is 11.4 Å². The molecule has 2 rings (SSSR count). The number of aliphatic hydroxyl groups excluding tert-OH is 1. The van der Waals surface area contributed by atoms with E-state index in [1.165, 1.54) is 26.4 Å². The lowest BCUT2D eigenvalue weighted by atomic mass is 10.1. The Morgan fingerprint density at radius 1 is 1.26 bits per heavy atom. The highest BCUT2D eigenvalue weighted by atomic mass is 16.6. The maximum atomic E-state index is 11.2. The summed E-state index contributed by atoms with van der Waals surface area (Å²) in [6.07, 6.45) is 2.31. The van der Waals surface area contributed by atoms with Gasteiger partial charge in [-0.05, 0) is 17.7 Å². The predicted octanol–water partition coefficient (Wildman–Crippen LogP) is 2.15. The van der Waals surface area contributed by atoms with E-state index in [1.807, 2.05) is 0 Å². The molecule has 122 valence electrons. The quantitative estimate of drug-likeness (QED) is 0.595. The second kappa shape index (κ2) is 7.41. The van der Waals surface area contributed by atoms with E-state index in [4.69, 9.17) is 9.47 Å². The summed E-state index contributed by atoms with van der Waals surface area (Å²) in [5.41, 5.74) is 0.737. The smallest absolute Gasteiger partial charge is 0.296 e. The summed E-state index contributed by atoms with van der Waals surface area (Å²) >= 11 is 0. The van der Waals surface area contributed by atoms with Gasteiger partial charge in [-0.1, -0.05) is 0 Å². The number of nitro benzene ring substituents is 1. The van der Waals surface area contributed by atoms with Crippen LogP contribution < -0.4 is 14.8 Å². The number of anilines is 1. The molecule has 8 heteroatoms. The summed E-state index contributed by atoms with van der Waals surface area (Å²) in [5.74, 6) is 0.624. The van der Waals surface area contributed by atoms with Gasteiger partial charge in [0, 0.05) is 25.0 Å². The van der Waals surface area contributed by atoms with Crippen LogP contribution in [0.2, 0.25) is 0 Å². The third-order valence-electron chi connectivity index (χ3n) is 3.28. The molecule has 0 saturated carbocycles. The number of nitrogens with one attached hydrogen (secondary N) is 1. The number of methoxy groups -OCH3 is 2. The van der Waals surface area contributed by atoms with Crippen LogP contribution in [0.15, 0.2) is 36.7 Å². The minimum atomic E-state index is -0.828. The Labute approximate surface area is 132 Å². The van der Waals surface area contributed by atoms with Crippen LogP contribution in [0.4, 0.5) is 11.4 Å². The van der Waals surface area contributed by atoms with E-state index >= 15 is 0 Å². The Balaban J connectivity index is 2.22. The zero-order valence-electron chi connectivity index (χ0n) is 12.7. The van der Waals surface area contributed by atoms with Gasteiger partial charge in [-0.3, -0.25) is 15.1 Å². The summed E-state index contributed by atoms with van der Waals surface area (Å²) in [6.45, 7) is 0.0976. The van der Waals surface area contributed by atoms with E-state index in [2.05, 4.69) is 10.3 Å². The van der Waals surface area contributed by atoms with E-state index in [9.17, 15) is 15.2 Å². The summed E-state index contributed by atoms with van der Waals surface area (Å²) in [4.78, 5) is 14.6. The number of benzene rings is 1. The summed E-state index contributed by atoms with van der Waals surface area (Å²) in [5, 5.41) is 24.2. The number of nitrogens with zero attached hydrogens (tertiary/aromatic N) is 2. The third-order valence-corrected chi connectivity index (χ3v) is 3.28. The molecule has 0 spiro atoms. The number of hydrogen-bond donors (Lipinski definition) is 2. The van der Waals surface area contributed by atoms with E-state index < -0.39 is 11.0 Å². The van der Waals surface area contributed by atoms with Crippen molar-refractivity contribution in [3.63, 3.8) is 0 Å². The number of nitro groups is 1. The topological polar surface area (TPSA) is 107 Å². The fourth-order valence-electron chi connectivity index (χ4n) is 2.07. The largest absolute Gasteiger partial charge is 0.493 e. The third kappa shape index (κ3) is 3.86. The molecule has 0 aliphatic carbocycles. The van der Waals surface area contributed by atoms with Crippen LogP contribution in [-0.4, -0.2) is 35.8 Å². The number of aromatic nitrogens is 1. The van der Waals surface area contributed by atoms with Crippen LogP contribution in [-0.2, 0) is 0 Å². The second-order valence-electron chi connectivity index (χ2n) is 4.66. The van der Waals surface area contributed by atoms with Gasteiger partial charge >= 0.3 is 0 Å². The monoisotopic (exact) mass is 319 g/mol. The van der Waals surface area contributed by atoms with Crippen molar-refractivity contribution < 1.29 is 19.5 Å². The lowest BCUT2D eigenvalue weighted by molar-refractivity contribution is -0.384. The van der Waals surface area contributed by atoms with Gasteiger partial charge in [0.05, 0.1) is 31.3 Å². The number of pyridine rings is 1. The molecule has 0 radical (unpaired) electrons. The van der Waals surface area contributed by atoms with Crippen molar-refractivity contribution in [3.8, 4) is 11.5 Å². The highest BCUT2D eigenvalue weighted by Crippen LogP contribution is 2.37. The molecule has 0 bridgehead atoms. The van der Waals surface area contributed by atoms with Gasteiger partial charge in [0.15, 0.2) is 11.5 Å². The minimum Gasteiger partial charge on any atom is -0.493 e. The fourth-order valence-corrected chi connectivity index (χ4v) is 2.07. The second-order valence-corrected chi connectivity index (χ2v) is 4.66. The molecular weight excluding hydrogens is 302 g/mol. The standard InChI is InChI=1S/C15H17N3O5/c1-22-14-7-11(12(18(20)21)8-15(14)23-2)17-9-13(19)10-3-5-16-6-4-10/h3-8,13,17,19H,9H2,1-2H3/t13-/m0/s1. The van der Waals surface area contributed by atoms with Crippen molar-refractivity contribution in [2.24, 2.45) is 0 Å². The zero-order chi connectivity index (χ0) is 16.8. The summed E-state index contributed by atoms with van der Waals surface area (Å²) in [6, 6.07) is 6.10. The first-order chi connectivity index (χ1) is 11.1. The summed E-state index contributed by atoms with van der Waals surface area (Å²) < 4.78 is 10.2. The lowest BCUT2D eigenvalue weighted by Crippen LogP contribution is -2.13. The van der Waals surface area contributed by atoms with Gasteiger partial charge in [0.1, 0.15) is 5.69 Å². The molecule has 0 aliphatic rings. The van der Waals surface area contributed by atoms with Gasteiger partial charge < -0.3 is 19.9 Å². The Bertz CT molecular complexity index is 678. The van der Waals surface area contributed by atoms with Gasteiger partial charge in [0.2, 0.25) is 0 Å². The molecule has 2 N–H and O–H groups in total. The number of hydrogen-bond acceptors (Lipinski definition) is 7.